The van der Waals surface area contributed by atoms with E-state index in [4.69, 9.17) is 10.6 Å². The molecule has 0 fully saturated rings. The second kappa shape index (κ2) is 8.05. The van der Waals surface area contributed by atoms with Gasteiger partial charge >= 0.3 is 0 Å². The van der Waals surface area contributed by atoms with Crippen LogP contribution in [-0.2, 0) is 14.8 Å². The van der Waals surface area contributed by atoms with Gasteiger partial charge in [0.1, 0.15) is 0 Å². The van der Waals surface area contributed by atoms with Crippen LogP contribution in [0.15, 0.2) is 23.4 Å². The molecule has 1 aromatic rings. The van der Waals surface area contributed by atoms with Crippen LogP contribution in [0.3, 0.4) is 0 Å². The standard InChI is InChI=1S/C11H20N4O3S/c1-18-9-4-2-3-8-14-19(16,17)11-10(15-12)6-5-7-13-11/h5-7,14-15H,2-4,8-9,12H2,1H3. The molecule has 1 rings (SSSR count). The minimum atomic E-state index is -3.63. The number of anilines is 1. The highest BCUT2D eigenvalue weighted by Gasteiger charge is 2.18. The molecule has 0 saturated heterocycles. The summed E-state index contributed by atoms with van der Waals surface area (Å²) >= 11 is 0. The summed E-state index contributed by atoms with van der Waals surface area (Å²) in [7, 11) is -1.99. The predicted octanol–water partition coefficient (Wildman–Crippen LogP) is 0.462. The van der Waals surface area contributed by atoms with Crippen LogP contribution in [0.2, 0.25) is 0 Å². The third kappa shape index (κ3) is 5.11. The average molecular weight is 288 g/mol. The molecular formula is C11H20N4O3S. The maximum absolute atomic E-state index is 12.0. The summed E-state index contributed by atoms with van der Waals surface area (Å²) in [6.45, 7) is 1.06. The van der Waals surface area contributed by atoms with Crippen molar-refractivity contribution in [3.8, 4) is 0 Å². The second-order valence-corrected chi connectivity index (χ2v) is 5.63. The van der Waals surface area contributed by atoms with Gasteiger partial charge in [-0.3, -0.25) is 5.84 Å². The summed E-state index contributed by atoms with van der Waals surface area (Å²) in [6.07, 6.45) is 3.98. The molecule has 1 heterocycles. The van der Waals surface area contributed by atoms with Crippen molar-refractivity contribution in [2.75, 3.05) is 25.7 Å². The molecule has 4 N–H and O–H groups in total. The van der Waals surface area contributed by atoms with E-state index in [0.717, 1.165) is 19.3 Å². The zero-order valence-electron chi connectivity index (χ0n) is 10.9. The molecule has 0 saturated carbocycles. The lowest BCUT2D eigenvalue weighted by Crippen LogP contribution is -2.27. The molecule has 0 spiro atoms. The number of nitrogen functional groups attached to an aromatic ring is 1. The van der Waals surface area contributed by atoms with Gasteiger partial charge in [0.2, 0.25) is 0 Å². The van der Waals surface area contributed by atoms with Crippen LogP contribution in [-0.4, -0.2) is 33.7 Å². The molecule has 108 valence electrons. The summed E-state index contributed by atoms with van der Waals surface area (Å²) < 4.78 is 31.4. The van der Waals surface area contributed by atoms with Gasteiger partial charge in [0, 0.05) is 26.5 Å². The van der Waals surface area contributed by atoms with Crippen LogP contribution >= 0.6 is 0 Å². The Morgan fingerprint density at radius 3 is 2.84 bits per heavy atom. The Hall–Kier alpha value is -1.22. The third-order valence-corrected chi connectivity index (χ3v) is 3.92. The molecular weight excluding hydrogens is 268 g/mol. The Morgan fingerprint density at radius 1 is 1.37 bits per heavy atom. The Balaban J connectivity index is 2.52. The van der Waals surface area contributed by atoms with E-state index in [1.807, 2.05) is 0 Å². The lowest BCUT2D eigenvalue weighted by atomic mass is 10.2. The van der Waals surface area contributed by atoms with Gasteiger partial charge in [-0.2, -0.15) is 0 Å². The molecule has 1 aromatic heterocycles. The minimum absolute atomic E-state index is 0.0885. The van der Waals surface area contributed by atoms with Gasteiger partial charge in [-0.25, -0.2) is 18.1 Å². The number of nitrogens with zero attached hydrogens (tertiary/aromatic N) is 1. The summed E-state index contributed by atoms with van der Waals surface area (Å²) in [4.78, 5) is 3.84. The number of methoxy groups -OCH3 is 1. The number of hydrogen-bond acceptors (Lipinski definition) is 6. The number of pyridine rings is 1. The number of aromatic nitrogens is 1. The molecule has 0 radical (unpaired) electrons. The highest BCUT2D eigenvalue weighted by Crippen LogP contribution is 2.16. The molecule has 0 amide bonds. The van der Waals surface area contributed by atoms with Gasteiger partial charge in [0.05, 0.1) is 5.69 Å². The van der Waals surface area contributed by atoms with Crippen LogP contribution in [0, 0.1) is 0 Å². The quantitative estimate of drug-likeness (QED) is 0.346. The van der Waals surface area contributed by atoms with Gasteiger partial charge in [0.15, 0.2) is 5.03 Å². The fourth-order valence-corrected chi connectivity index (χ4v) is 2.70. The van der Waals surface area contributed by atoms with Crippen molar-refractivity contribution in [3.05, 3.63) is 18.3 Å². The molecule has 0 atom stereocenters. The van der Waals surface area contributed by atoms with Crippen molar-refractivity contribution < 1.29 is 13.2 Å². The maximum Gasteiger partial charge on any atom is 0.260 e. The van der Waals surface area contributed by atoms with E-state index in [1.54, 1.807) is 19.2 Å². The molecule has 7 nitrogen and oxygen atoms in total. The first-order chi connectivity index (χ1) is 9.11. The van der Waals surface area contributed by atoms with Crippen molar-refractivity contribution in [1.29, 1.82) is 0 Å². The van der Waals surface area contributed by atoms with Crippen molar-refractivity contribution >= 4 is 15.7 Å². The van der Waals surface area contributed by atoms with Gasteiger partial charge in [-0.15, -0.1) is 0 Å². The van der Waals surface area contributed by atoms with Crippen LogP contribution in [0.1, 0.15) is 19.3 Å². The number of unbranched alkanes of at least 4 members (excludes halogenated alkanes) is 2. The van der Waals surface area contributed by atoms with E-state index in [0.29, 0.717) is 13.2 Å². The zero-order valence-corrected chi connectivity index (χ0v) is 11.7. The first kappa shape index (κ1) is 15.8. The molecule has 0 unspecified atom stereocenters. The van der Waals surface area contributed by atoms with E-state index < -0.39 is 10.0 Å². The monoisotopic (exact) mass is 288 g/mol. The van der Waals surface area contributed by atoms with Crippen LogP contribution in [0.5, 0.6) is 0 Å². The Labute approximate surface area is 113 Å². The van der Waals surface area contributed by atoms with E-state index >= 15 is 0 Å². The lowest BCUT2D eigenvalue weighted by Gasteiger charge is -2.09. The van der Waals surface area contributed by atoms with Crippen molar-refractivity contribution in [2.24, 2.45) is 5.84 Å². The highest BCUT2D eigenvalue weighted by atomic mass is 32.2. The number of nitrogens with one attached hydrogen (secondary N) is 2. The molecule has 0 aliphatic rings. The molecule has 0 bridgehead atoms. The Kier molecular flexibility index (Phi) is 6.71. The molecule has 0 aliphatic carbocycles. The minimum Gasteiger partial charge on any atom is -0.385 e. The van der Waals surface area contributed by atoms with E-state index in [-0.39, 0.29) is 10.7 Å². The molecule has 0 aliphatic heterocycles. The smallest absolute Gasteiger partial charge is 0.260 e. The van der Waals surface area contributed by atoms with Gasteiger partial charge < -0.3 is 10.2 Å². The fourth-order valence-electron chi connectivity index (χ4n) is 1.54. The van der Waals surface area contributed by atoms with E-state index in [9.17, 15) is 8.42 Å². The van der Waals surface area contributed by atoms with Gasteiger partial charge in [-0.05, 0) is 31.4 Å². The molecule has 19 heavy (non-hydrogen) atoms. The van der Waals surface area contributed by atoms with Crippen LogP contribution in [0.25, 0.3) is 0 Å². The molecule has 0 aromatic carbocycles. The second-order valence-electron chi connectivity index (χ2n) is 3.95. The highest BCUT2D eigenvalue weighted by molar-refractivity contribution is 7.89. The summed E-state index contributed by atoms with van der Waals surface area (Å²) in [5.41, 5.74) is 2.59. The van der Waals surface area contributed by atoms with E-state index in [1.165, 1.54) is 6.20 Å². The SMILES string of the molecule is COCCCCCNS(=O)(=O)c1ncccc1NN. The van der Waals surface area contributed by atoms with Crippen molar-refractivity contribution in [2.45, 2.75) is 24.3 Å². The van der Waals surface area contributed by atoms with E-state index in [2.05, 4.69) is 15.1 Å². The van der Waals surface area contributed by atoms with Crippen LogP contribution in [0.4, 0.5) is 5.69 Å². The summed E-state index contributed by atoms with van der Waals surface area (Å²) in [5, 5.41) is -0.0885. The number of nitrogens with two attached hydrogens (primary N) is 1. The Morgan fingerprint density at radius 2 is 2.16 bits per heavy atom. The largest absolute Gasteiger partial charge is 0.385 e. The number of ether oxygens (including phenoxy) is 1. The normalized spacial score (nSPS) is 11.5. The lowest BCUT2D eigenvalue weighted by molar-refractivity contribution is 0.192. The van der Waals surface area contributed by atoms with Gasteiger partial charge in [-0.1, -0.05) is 0 Å². The maximum atomic E-state index is 12.0. The zero-order chi connectivity index (χ0) is 14.1. The summed E-state index contributed by atoms with van der Waals surface area (Å²) in [5.74, 6) is 5.26. The molecule has 8 heteroatoms. The predicted molar refractivity (Wildman–Crippen MR) is 73.0 cm³/mol. The topological polar surface area (TPSA) is 106 Å². The van der Waals surface area contributed by atoms with Crippen molar-refractivity contribution in [1.82, 2.24) is 9.71 Å². The first-order valence-corrected chi connectivity index (χ1v) is 7.50. The number of hydrogen-bond donors (Lipinski definition) is 3. The van der Waals surface area contributed by atoms with Gasteiger partial charge in [0.25, 0.3) is 10.0 Å². The first-order valence-electron chi connectivity index (χ1n) is 6.02. The number of hydrazine groups is 1. The number of rotatable bonds is 9. The Bertz CT molecular complexity index is 479. The fraction of sp³-hybridized carbons (Fsp3) is 0.545. The summed E-state index contributed by atoms with van der Waals surface area (Å²) in [6, 6.07) is 3.17. The number of sulfonamides is 1. The average Bonchev–Trinajstić information content (AvgIpc) is 2.42. The van der Waals surface area contributed by atoms with Crippen LogP contribution < -0.4 is 16.0 Å². The van der Waals surface area contributed by atoms with Crippen molar-refractivity contribution in [3.63, 3.8) is 0 Å². The third-order valence-electron chi connectivity index (χ3n) is 2.50.